The fraction of sp³-hybridized carbons (Fsp3) is 1.00. The number of hydrogen-bond acceptors (Lipinski definition) is 1. The summed E-state index contributed by atoms with van der Waals surface area (Å²) in [7, 11) is 0. The fourth-order valence-electron chi connectivity index (χ4n) is 0.849. The third-order valence-electron chi connectivity index (χ3n) is 1.30. The van der Waals surface area contributed by atoms with Gasteiger partial charge in [-0.3, -0.25) is 0 Å². The lowest BCUT2D eigenvalue weighted by Crippen LogP contribution is -2.13. The maximum absolute atomic E-state index is 3.36. The van der Waals surface area contributed by atoms with Gasteiger partial charge in [0, 0.05) is 0 Å². The molecule has 0 saturated carbocycles. The molecule has 1 aliphatic heterocycles. The predicted octanol–water partition coefficient (Wildman–Crippen LogP) is 1.38. The van der Waals surface area contributed by atoms with Gasteiger partial charge >= 0.3 is 0 Å². The zero-order chi connectivity index (χ0) is 5.28. The summed E-state index contributed by atoms with van der Waals surface area (Å²) >= 11 is 2.44. The Morgan fingerprint density at radius 1 is 1.71 bits per heavy atom. The van der Waals surface area contributed by atoms with Crippen LogP contribution in [0.25, 0.3) is 0 Å². The lowest BCUT2D eigenvalue weighted by Gasteiger charge is -1.93. The average Bonchev–Trinajstić information content (AvgIpc) is 1.87. The van der Waals surface area contributed by atoms with Gasteiger partial charge in [-0.25, -0.2) is 0 Å². The Morgan fingerprint density at radius 3 is 2.57 bits per heavy atom. The van der Waals surface area contributed by atoms with Crippen LogP contribution in [0.5, 0.6) is 0 Å². The molecule has 0 bridgehead atoms. The average molecular weight is 211 g/mol. The maximum atomic E-state index is 3.36. The van der Waals surface area contributed by atoms with Gasteiger partial charge in [0.2, 0.25) is 0 Å². The number of rotatable bonds is 0. The SMILES string of the molecule is C[C@@H]1CN[C@H](I)C1. The lowest BCUT2D eigenvalue weighted by atomic mass is 10.2. The second-order valence-corrected chi connectivity index (χ2v) is 3.72. The van der Waals surface area contributed by atoms with E-state index in [1.165, 1.54) is 13.0 Å². The fourth-order valence-corrected chi connectivity index (χ4v) is 1.97. The summed E-state index contributed by atoms with van der Waals surface area (Å²) in [4.78, 5) is 0. The van der Waals surface area contributed by atoms with Crippen LogP contribution in [0.15, 0.2) is 0 Å². The summed E-state index contributed by atoms with van der Waals surface area (Å²) < 4.78 is 0.743. The zero-order valence-electron chi connectivity index (χ0n) is 4.45. The van der Waals surface area contributed by atoms with E-state index in [4.69, 9.17) is 0 Å². The van der Waals surface area contributed by atoms with Crippen LogP contribution in [0.4, 0.5) is 0 Å². The van der Waals surface area contributed by atoms with Gasteiger partial charge < -0.3 is 5.32 Å². The molecule has 1 nitrogen and oxygen atoms in total. The van der Waals surface area contributed by atoms with Crippen molar-refractivity contribution in [3.8, 4) is 0 Å². The van der Waals surface area contributed by atoms with Crippen molar-refractivity contribution in [2.24, 2.45) is 5.92 Å². The molecular formula is C5H10IN. The molecule has 0 spiro atoms. The van der Waals surface area contributed by atoms with E-state index in [0.717, 1.165) is 9.97 Å². The van der Waals surface area contributed by atoms with Crippen LogP contribution in [0.3, 0.4) is 0 Å². The van der Waals surface area contributed by atoms with E-state index in [-0.39, 0.29) is 0 Å². The molecule has 2 heteroatoms. The van der Waals surface area contributed by atoms with Crippen LogP contribution in [0, 0.1) is 5.92 Å². The van der Waals surface area contributed by atoms with E-state index in [0.29, 0.717) is 0 Å². The van der Waals surface area contributed by atoms with Crippen molar-refractivity contribution in [1.82, 2.24) is 5.32 Å². The first kappa shape index (κ1) is 5.82. The molecule has 42 valence electrons. The van der Waals surface area contributed by atoms with Crippen LogP contribution < -0.4 is 5.32 Å². The molecule has 1 fully saturated rings. The van der Waals surface area contributed by atoms with Crippen molar-refractivity contribution in [3.05, 3.63) is 0 Å². The van der Waals surface area contributed by atoms with Gasteiger partial charge in [-0.1, -0.05) is 29.5 Å². The van der Waals surface area contributed by atoms with E-state index in [1.807, 2.05) is 0 Å². The Hall–Kier alpha value is 0.690. The summed E-state index contributed by atoms with van der Waals surface area (Å²) in [5, 5.41) is 3.36. The van der Waals surface area contributed by atoms with Gasteiger partial charge in [-0.05, 0) is 18.9 Å². The first-order valence-electron chi connectivity index (χ1n) is 2.66. The van der Waals surface area contributed by atoms with E-state index >= 15 is 0 Å². The van der Waals surface area contributed by atoms with Gasteiger partial charge in [0.15, 0.2) is 0 Å². The van der Waals surface area contributed by atoms with Crippen LogP contribution in [0.2, 0.25) is 0 Å². The van der Waals surface area contributed by atoms with Crippen LogP contribution in [-0.4, -0.2) is 10.6 Å². The molecule has 1 heterocycles. The quantitative estimate of drug-likeness (QED) is 0.362. The minimum atomic E-state index is 0.743. The minimum Gasteiger partial charge on any atom is -0.305 e. The Morgan fingerprint density at radius 2 is 2.43 bits per heavy atom. The van der Waals surface area contributed by atoms with E-state index in [2.05, 4.69) is 34.8 Å². The van der Waals surface area contributed by atoms with Crippen molar-refractivity contribution in [3.63, 3.8) is 0 Å². The zero-order valence-corrected chi connectivity index (χ0v) is 6.60. The van der Waals surface area contributed by atoms with Gasteiger partial charge in [0.05, 0.1) is 4.05 Å². The number of halogens is 1. The van der Waals surface area contributed by atoms with Crippen molar-refractivity contribution in [2.45, 2.75) is 17.4 Å². The molecule has 0 unspecified atom stereocenters. The molecule has 0 aromatic rings. The molecule has 2 atom stereocenters. The third-order valence-corrected chi connectivity index (χ3v) is 2.25. The molecule has 0 aromatic heterocycles. The Labute approximate surface area is 58.0 Å². The molecule has 0 radical (unpaired) electrons. The second-order valence-electron chi connectivity index (χ2n) is 2.22. The topological polar surface area (TPSA) is 12.0 Å². The molecule has 0 amide bonds. The van der Waals surface area contributed by atoms with Crippen LogP contribution >= 0.6 is 22.6 Å². The van der Waals surface area contributed by atoms with Gasteiger partial charge in [-0.2, -0.15) is 0 Å². The van der Waals surface area contributed by atoms with Gasteiger partial charge in [0.1, 0.15) is 0 Å². The first-order valence-corrected chi connectivity index (χ1v) is 3.91. The molecule has 1 aliphatic rings. The Kier molecular flexibility index (Phi) is 1.92. The number of hydrogen-bond donors (Lipinski definition) is 1. The minimum absolute atomic E-state index is 0.743. The van der Waals surface area contributed by atoms with Gasteiger partial charge in [-0.15, -0.1) is 0 Å². The first-order chi connectivity index (χ1) is 3.29. The molecule has 1 saturated heterocycles. The number of nitrogens with one attached hydrogen (secondary N) is 1. The van der Waals surface area contributed by atoms with E-state index in [9.17, 15) is 0 Å². The Balaban J connectivity index is 2.26. The van der Waals surface area contributed by atoms with Crippen LogP contribution in [0.1, 0.15) is 13.3 Å². The summed E-state index contributed by atoms with van der Waals surface area (Å²) in [6.45, 7) is 3.50. The summed E-state index contributed by atoms with van der Waals surface area (Å²) in [5.74, 6) is 0.905. The monoisotopic (exact) mass is 211 g/mol. The van der Waals surface area contributed by atoms with E-state index < -0.39 is 0 Å². The predicted molar refractivity (Wildman–Crippen MR) is 39.6 cm³/mol. The summed E-state index contributed by atoms with van der Waals surface area (Å²) in [5.41, 5.74) is 0. The summed E-state index contributed by atoms with van der Waals surface area (Å²) in [6.07, 6.45) is 1.35. The second kappa shape index (κ2) is 2.31. The largest absolute Gasteiger partial charge is 0.305 e. The van der Waals surface area contributed by atoms with Crippen molar-refractivity contribution < 1.29 is 0 Å². The number of alkyl halides is 1. The van der Waals surface area contributed by atoms with Crippen LogP contribution in [-0.2, 0) is 0 Å². The standard InChI is InChI=1S/C5H10IN/c1-4-2-5(6)7-3-4/h4-5,7H,2-3H2,1H3/t4-,5-/m0/s1. The molecule has 0 aromatic carbocycles. The van der Waals surface area contributed by atoms with E-state index in [1.54, 1.807) is 0 Å². The van der Waals surface area contributed by atoms with Gasteiger partial charge in [0.25, 0.3) is 0 Å². The third kappa shape index (κ3) is 1.57. The van der Waals surface area contributed by atoms with Crippen molar-refractivity contribution in [2.75, 3.05) is 6.54 Å². The molecule has 1 N–H and O–H groups in total. The maximum Gasteiger partial charge on any atom is 0.0596 e. The molecule has 1 rings (SSSR count). The highest BCUT2D eigenvalue weighted by atomic mass is 127. The highest BCUT2D eigenvalue weighted by Crippen LogP contribution is 2.16. The smallest absolute Gasteiger partial charge is 0.0596 e. The van der Waals surface area contributed by atoms with Crippen molar-refractivity contribution >= 4 is 22.6 Å². The van der Waals surface area contributed by atoms with Crippen molar-refractivity contribution in [1.29, 1.82) is 0 Å². The highest BCUT2D eigenvalue weighted by Gasteiger charge is 2.16. The molecule has 0 aliphatic carbocycles. The lowest BCUT2D eigenvalue weighted by molar-refractivity contribution is 0.650. The summed E-state index contributed by atoms with van der Waals surface area (Å²) in [6, 6.07) is 0. The normalized spacial score (nSPS) is 42.0. The Bertz CT molecular complexity index is 57.1. The molecule has 7 heavy (non-hydrogen) atoms. The molecular weight excluding hydrogens is 201 g/mol. The highest BCUT2D eigenvalue weighted by molar-refractivity contribution is 14.1.